The zero-order valence-electron chi connectivity index (χ0n) is 11.0. The lowest BCUT2D eigenvalue weighted by atomic mass is 10.0. The zero-order chi connectivity index (χ0) is 13.1. The predicted molar refractivity (Wildman–Crippen MR) is 85.8 cm³/mol. The molecule has 0 bridgehead atoms. The molecule has 0 atom stereocenters. The summed E-state index contributed by atoms with van der Waals surface area (Å²) in [5.41, 5.74) is 3.57. The monoisotopic (exact) mass is 308 g/mol. The smallest absolute Gasteiger partial charge is 0.229 e. The summed E-state index contributed by atoms with van der Waals surface area (Å²) < 4.78 is 0. The van der Waals surface area contributed by atoms with Gasteiger partial charge in [-0.15, -0.1) is 23.7 Å². The van der Waals surface area contributed by atoms with E-state index < -0.39 is 0 Å². The first-order valence-electron chi connectivity index (χ1n) is 6.46. The summed E-state index contributed by atoms with van der Waals surface area (Å²) in [7, 11) is 0. The Hall–Kier alpha value is -1.36. The van der Waals surface area contributed by atoms with Gasteiger partial charge in [-0.3, -0.25) is 4.79 Å². The van der Waals surface area contributed by atoms with Crippen LogP contribution in [0.15, 0.2) is 35.7 Å². The number of benzene rings is 1. The summed E-state index contributed by atoms with van der Waals surface area (Å²) >= 11 is 1.61. The van der Waals surface area contributed by atoms with Gasteiger partial charge in [0.2, 0.25) is 5.91 Å². The van der Waals surface area contributed by atoms with Crippen molar-refractivity contribution in [3.05, 3.63) is 51.7 Å². The van der Waals surface area contributed by atoms with Crippen LogP contribution in [0.5, 0.6) is 0 Å². The van der Waals surface area contributed by atoms with Crippen molar-refractivity contribution < 1.29 is 4.79 Å². The third-order valence-corrected chi connectivity index (χ3v) is 4.17. The normalized spacial score (nSPS) is 13.2. The average molecular weight is 309 g/mol. The number of fused-ring (bicyclic) bond motifs is 1. The van der Waals surface area contributed by atoms with Crippen LogP contribution in [-0.2, 0) is 24.2 Å². The fourth-order valence-corrected chi connectivity index (χ4v) is 3.04. The van der Waals surface area contributed by atoms with Gasteiger partial charge in [0.25, 0.3) is 0 Å². The molecule has 3 nitrogen and oxygen atoms in total. The van der Waals surface area contributed by atoms with E-state index in [9.17, 15) is 4.79 Å². The van der Waals surface area contributed by atoms with E-state index in [1.54, 1.807) is 11.3 Å². The Morgan fingerprint density at radius 3 is 3.00 bits per heavy atom. The highest BCUT2D eigenvalue weighted by molar-refractivity contribution is 7.10. The molecule has 0 fully saturated rings. The van der Waals surface area contributed by atoms with Gasteiger partial charge in [-0.1, -0.05) is 12.1 Å². The Labute approximate surface area is 128 Å². The van der Waals surface area contributed by atoms with E-state index >= 15 is 0 Å². The van der Waals surface area contributed by atoms with Gasteiger partial charge >= 0.3 is 0 Å². The molecule has 1 aromatic heterocycles. The molecular weight excluding hydrogens is 292 g/mol. The van der Waals surface area contributed by atoms with Gasteiger partial charge in [0.15, 0.2) is 0 Å². The largest absolute Gasteiger partial charge is 0.326 e. The maximum Gasteiger partial charge on any atom is 0.229 e. The third-order valence-electron chi connectivity index (χ3n) is 3.29. The fraction of sp³-hybridized carbons (Fsp3) is 0.267. The highest BCUT2D eigenvalue weighted by Gasteiger charge is 2.10. The molecule has 20 heavy (non-hydrogen) atoms. The summed E-state index contributed by atoms with van der Waals surface area (Å²) in [6.45, 7) is 1.93. The first-order chi connectivity index (χ1) is 9.31. The molecule has 0 saturated carbocycles. The summed E-state index contributed by atoms with van der Waals surface area (Å²) in [4.78, 5) is 13.0. The maximum atomic E-state index is 11.9. The molecule has 1 aliphatic heterocycles. The molecular formula is C15H17ClN2OS. The first-order valence-corrected chi connectivity index (χ1v) is 7.34. The SMILES string of the molecule is Cl.O=C(Cc1cccs1)Nc1ccc2c(c1)CNCC2. The number of anilines is 1. The average Bonchev–Trinajstić information content (AvgIpc) is 2.91. The van der Waals surface area contributed by atoms with E-state index in [4.69, 9.17) is 0 Å². The maximum absolute atomic E-state index is 11.9. The molecule has 0 aliphatic carbocycles. The van der Waals surface area contributed by atoms with Crippen LogP contribution in [0.25, 0.3) is 0 Å². The lowest BCUT2D eigenvalue weighted by molar-refractivity contribution is -0.115. The van der Waals surface area contributed by atoms with E-state index in [2.05, 4.69) is 22.8 Å². The van der Waals surface area contributed by atoms with Crippen molar-refractivity contribution in [2.24, 2.45) is 0 Å². The van der Waals surface area contributed by atoms with Gasteiger partial charge in [0.05, 0.1) is 6.42 Å². The first kappa shape index (κ1) is 15.0. The minimum absolute atomic E-state index is 0. The second-order valence-electron chi connectivity index (χ2n) is 4.71. The number of hydrogen-bond acceptors (Lipinski definition) is 3. The number of carbonyl (C=O) groups excluding carboxylic acids is 1. The van der Waals surface area contributed by atoms with Gasteiger partial charge in [0.1, 0.15) is 0 Å². The van der Waals surface area contributed by atoms with Crippen LogP contribution < -0.4 is 10.6 Å². The van der Waals surface area contributed by atoms with E-state index in [0.717, 1.165) is 30.1 Å². The molecule has 2 aromatic rings. The van der Waals surface area contributed by atoms with Crippen LogP contribution in [0.2, 0.25) is 0 Å². The molecule has 106 valence electrons. The van der Waals surface area contributed by atoms with Crippen LogP contribution in [0.4, 0.5) is 5.69 Å². The van der Waals surface area contributed by atoms with E-state index in [1.807, 2.05) is 23.6 Å². The number of hydrogen-bond donors (Lipinski definition) is 2. The molecule has 3 rings (SSSR count). The van der Waals surface area contributed by atoms with Crippen molar-refractivity contribution in [2.45, 2.75) is 19.4 Å². The van der Waals surface area contributed by atoms with Crippen LogP contribution in [0, 0.1) is 0 Å². The van der Waals surface area contributed by atoms with Crippen LogP contribution in [-0.4, -0.2) is 12.5 Å². The number of nitrogens with one attached hydrogen (secondary N) is 2. The van der Waals surface area contributed by atoms with Gasteiger partial charge in [0, 0.05) is 17.1 Å². The standard InChI is InChI=1S/C15H16N2OS.ClH/c18-15(9-14-2-1-7-19-14)17-13-4-3-11-5-6-16-10-12(11)8-13;/h1-4,7-8,16H,5-6,9-10H2,(H,17,18);1H. The molecule has 2 heterocycles. The lowest BCUT2D eigenvalue weighted by Gasteiger charge is -2.18. The van der Waals surface area contributed by atoms with Gasteiger partial charge in [-0.2, -0.15) is 0 Å². The second kappa shape index (κ2) is 6.88. The van der Waals surface area contributed by atoms with Crippen molar-refractivity contribution in [3.8, 4) is 0 Å². The molecule has 1 amide bonds. The van der Waals surface area contributed by atoms with Crippen LogP contribution in [0.3, 0.4) is 0 Å². The Kier molecular flexibility index (Phi) is 5.17. The summed E-state index contributed by atoms with van der Waals surface area (Å²) in [6.07, 6.45) is 1.52. The van der Waals surface area contributed by atoms with Crippen molar-refractivity contribution in [1.82, 2.24) is 5.32 Å². The Morgan fingerprint density at radius 1 is 1.30 bits per heavy atom. The molecule has 0 saturated heterocycles. The molecule has 0 radical (unpaired) electrons. The molecule has 5 heteroatoms. The quantitative estimate of drug-likeness (QED) is 0.915. The third kappa shape index (κ3) is 3.60. The number of thiophene rings is 1. The number of rotatable bonds is 3. The van der Waals surface area contributed by atoms with Crippen molar-refractivity contribution in [1.29, 1.82) is 0 Å². The van der Waals surface area contributed by atoms with Crippen molar-refractivity contribution >= 4 is 35.3 Å². The second-order valence-corrected chi connectivity index (χ2v) is 5.75. The van der Waals surface area contributed by atoms with E-state index in [-0.39, 0.29) is 18.3 Å². The topological polar surface area (TPSA) is 41.1 Å². The minimum Gasteiger partial charge on any atom is -0.326 e. The molecule has 0 unspecified atom stereocenters. The van der Waals surface area contributed by atoms with Crippen molar-refractivity contribution in [3.63, 3.8) is 0 Å². The minimum atomic E-state index is 0. The zero-order valence-corrected chi connectivity index (χ0v) is 12.7. The Balaban J connectivity index is 0.00000147. The molecule has 1 aromatic carbocycles. The van der Waals surface area contributed by atoms with E-state index in [1.165, 1.54) is 11.1 Å². The molecule has 0 spiro atoms. The summed E-state index contributed by atoms with van der Waals surface area (Å²) in [5, 5.41) is 8.31. The van der Waals surface area contributed by atoms with Gasteiger partial charge in [-0.25, -0.2) is 0 Å². The van der Waals surface area contributed by atoms with Crippen molar-refractivity contribution in [2.75, 3.05) is 11.9 Å². The number of halogens is 1. The Bertz CT molecular complexity index is 584. The summed E-state index contributed by atoms with van der Waals surface area (Å²) in [6, 6.07) is 10.2. The molecule has 1 aliphatic rings. The predicted octanol–water partition coefficient (Wildman–Crippen LogP) is 3.00. The van der Waals surface area contributed by atoms with E-state index in [0.29, 0.717) is 6.42 Å². The lowest BCUT2D eigenvalue weighted by Crippen LogP contribution is -2.24. The number of amides is 1. The summed E-state index contributed by atoms with van der Waals surface area (Å²) in [5.74, 6) is 0.0474. The van der Waals surface area contributed by atoms with Gasteiger partial charge < -0.3 is 10.6 Å². The van der Waals surface area contributed by atoms with Crippen LogP contribution in [0.1, 0.15) is 16.0 Å². The Morgan fingerprint density at radius 2 is 2.20 bits per heavy atom. The number of carbonyl (C=O) groups is 1. The van der Waals surface area contributed by atoms with Crippen LogP contribution >= 0.6 is 23.7 Å². The highest BCUT2D eigenvalue weighted by atomic mass is 35.5. The fourth-order valence-electron chi connectivity index (χ4n) is 2.33. The van der Waals surface area contributed by atoms with Gasteiger partial charge in [-0.05, 0) is 47.7 Å². The molecule has 2 N–H and O–H groups in total. The highest BCUT2D eigenvalue weighted by Crippen LogP contribution is 2.19.